The minimum Gasteiger partial charge on any atom is -0.368 e. The second-order valence-electron chi connectivity index (χ2n) is 5.40. The topological polar surface area (TPSA) is 111 Å². The zero-order valence-electron chi connectivity index (χ0n) is 13.5. The first kappa shape index (κ1) is 14.8. The smallest absolute Gasteiger partial charge is 0.235 e. The fourth-order valence-corrected chi connectivity index (χ4v) is 2.95. The molecule has 0 amide bonds. The fraction of sp³-hybridized carbons (Fsp3) is 0.118. The Balaban J connectivity index is 2.07. The van der Waals surface area contributed by atoms with Gasteiger partial charge >= 0.3 is 0 Å². The summed E-state index contributed by atoms with van der Waals surface area (Å²) < 4.78 is 3.48. The SMILES string of the molecule is CCn1c(-n2ncnc2N)nc2cncc(-c3ccccc3C#N)c21. The third kappa shape index (κ3) is 2.21. The lowest BCUT2D eigenvalue weighted by atomic mass is 10.0. The number of rotatable bonds is 3. The highest BCUT2D eigenvalue weighted by molar-refractivity contribution is 5.93. The summed E-state index contributed by atoms with van der Waals surface area (Å²) in [5.74, 6) is 0.827. The number of nitrogens with zero attached hydrogens (tertiary/aromatic N) is 7. The first-order valence-electron chi connectivity index (χ1n) is 7.74. The van der Waals surface area contributed by atoms with Crippen molar-refractivity contribution in [1.82, 2.24) is 29.3 Å². The van der Waals surface area contributed by atoms with E-state index in [2.05, 4.69) is 26.1 Å². The van der Waals surface area contributed by atoms with Gasteiger partial charge in [-0.05, 0) is 13.0 Å². The summed E-state index contributed by atoms with van der Waals surface area (Å²) in [6.07, 6.45) is 4.83. The van der Waals surface area contributed by atoms with Crippen molar-refractivity contribution in [2.75, 3.05) is 5.73 Å². The maximum atomic E-state index is 9.44. The number of benzene rings is 1. The number of aromatic nitrogens is 6. The molecule has 0 aliphatic heterocycles. The van der Waals surface area contributed by atoms with Crippen LogP contribution in [0.3, 0.4) is 0 Å². The summed E-state index contributed by atoms with van der Waals surface area (Å²) in [5.41, 5.74) is 9.72. The van der Waals surface area contributed by atoms with Gasteiger partial charge in [-0.3, -0.25) is 4.98 Å². The predicted molar refractivity (Wildman–Crippen MR) is 92.7 cm³/mol. The van der Waals surface area contributed by atoms with E-state index in [0.717, 1.165) is 16.6 Å². The number of nitriles is 1. The lowest BCUT2D eigenvalue weighted by Crippen LogP contribution is -2.10. The molecule has 0 fully saturated rings. The highest BCUT2D eigenvalue weighted by Gasteiger charge is 2.19. The molecule has 4 aromatic rings. The predicted octanol–water partition coefficient (Wildman–Crippen LogP) is 2.15. The van der Waals surface area contributed by atoms with Crippen molar-refractivity contribution in [2.24, 2.45) is 0 Å². The van der Waals surface area contributed by atoms with Crippen LogP contribution in [0.25, 0.3) is 28.1 Å². The Bertz CT molecular complexity index is 1120. The molecule has 3 aromatic heterocycles. The van der Waals surface area contributed by atoms with Gasteiger partial charge in [-0.2, -0.15) is 20.0 Å². The summed E-state index contributed by atoms with van der Waals surface area (Å²) in [6, 6.07) is 9.67. The standard InChI is InChI=1S/C17H14N8/c1-2-24-15-13(12-6-4-3-5-11(12)7-18)8-20-9-14(15)23-17(24)25-16(19)21-10-22-25/h3-6,8-10H,2H2,1H3,(H2,19,21,22). The van der Waals surface area contributed by atoms with Crippen LogP contribution in [0.1, 0.15) is 12.5 Å². The summed E-state index contributed by atoms with van der Waals surface area (Å²) in [5, 5.41) is 13.6. The largest absolute Gasteiger partial charge is 0.368 e. The minimum absolute atomic E-state index is 0.261. The van der Waals surface area contributed by atoms with E-state index in [9.17, 15) is 5.26 Å². The van der Waals surface area contributed by atoms with Gasteiger partial charge in [-0.25, -0.2) is 4.98 Å². The average Bonchev–Trinajstić information content (AvgIpc) is 3.23. The molecule has 8 nitrogen and oxygen atoms in total. The normalized spacial score (nSPS) is 10.9. The lowest BCUT2D eigenvalue weighted by molar-refractivity contribution is 0.706. The summed E-state index contributed by atoms with van der Waals surface area (Å²) in [4.78, 5) is 12.9. The summed E-state index contributed by atoms with van der Waals surface area (Å²) >= 11 is 0. The number of aryl methyl sites for hydroxylation is 1. The molecule has 0 bridgehead atoms. The van der Waals surface area contributed by atoms with Gasteiger partial charge in [0.05, 0.1) is 23.3 Å². The van der Waals surface area contributed by atoms with Crippen molar-refractivity contribution in [3.63, 3.8) is 0 Å². The van der Waals surface area contributed by atoms with Crippen LogP contribution in [0.4, 0.5) is 5.95 Å². The molecule has 0 saturated carbocycles. The number of pyridine rings is 1. The molecule has 2 N–H and O–H groups in total. The van der Waals surface area contributed by atoms with Crippen LogP contribution in [0.5, 0.6) is 0 Å². The quantitative estimate of drug-likeness (QED) is 0.616. The number of hydrogen-bond donors (Lipinski definition) is 1. The van der Waals surface area contributed by atoms with Gasteiger partial charge in [0.2, 0.25) is 11.9 Å². The van der Waals surface area contributed by atoms with Gasteiger partial charge in [-0.1, -0.05) is 18.2 Å². The minimum atomic E-state index is 0.261. The molecule has 0 unspecified atom stereocenters. The average molecular weight is 330 g/mol. The number of nitrogen functional groups attached to an aromatic ring is 1. The van der Waals surface area contributed by atoms with E-state index in [1.165, 1.54) is 11.0 Å². The molecule has 1 aromatic carbocycles. The highest BCUT2D eigenvalue weighted by Crippen LogP contribution is 2.31. The number of anilines is 1. The molecular formula is C17H14N8. The van der Waals surface area contributed by atoms with Gasteiger partial charge in [0.25, 0.3) is 0 Å². The number of imidazole rings is 1. The van der Waals surface area contributed by atoms with Crippen LogP contribution in [-0.4, -0.2) is 29.3 Å². The van der Waals surface area contributed by atoms with Crippen molar-refractivity contribution in [2.45, 2.75) is 13.5 Å². The zero-order chi connectivity index (χ0) is 17.4. The van der Waals surface area contributed by atoms with E-state index in [0.29, 0.717) is 23.6 Å². The van der Waals surface area contributed by atoms with Gasteiger partial charge in [-0.15, -0.1) is 0 Å². The Morgan fingerprint density at radius 1 is 1.20 bits per heavy atom. The molecule has 0 radical (unpaired) electrons. The van der Waals surface area contributed by atoms with E-state index < -0.39 is 0 Å². The molecule has 3 heterocycles. The summed E-state index contributed by atoms with van der Waals surface area (Å²) in [6.45, 7) is 2.66. The Kier molecular flexibility index (Phi) is 3.40. The molecule has 0 atom stereocenters. The number of fused-ring (bicyclic) bond motifs is 1. The van der Waals surface area contributed by atoms with Gasteiger partial charge < -0.3 is 10.3 Å². The lowest BCUT2D eigenvalue weighted by Gasteiger charge is -2.10. The molecule has 0 saturated heterocycles. The van der Waals surface area contributed by atoms with Crippen LogP contribution >= 0.6 is 0 Å². The van der Waals surface area contributed by atoms with E-state index in [-0.39, 0.29) is 5.95 Å². The molecule has 8 heteroatoms. The Labute approximate surface area is 143 Å². The molecular weight excluding hydrogens is 316 g/mol. The van der Waals surface area contributed by atoms with Crippen molar-refractivity contribution >= 4 is 17.0 Å². The van der Waals surface area contributed by atoms with Gasteiger partial charge in [0, 0.05) is 23.9 Å². The Morgan fingerprint density at radius 2 is 2.04 bits per heavy atom. The summed E-state index contributed by atoms with van der Waals surface area (Å²) in [7, 11) is 0. The fourth-order valence-electron chi connectivity index (χ4n) is 2.95. The van der Waals surface area contributed by atoms with Crippen LogP contribution in [-0.2, 0) is 6.54 Å². The first-order valence-corrected chi connectivity index (χ1v) is 7.74. The zero-order valence-corrected chi connectivity index (χ0v) is 13.5. The third-order valence-corrected chi connectivity index (χ3v) is 4.05. The van der Waals surface area contributed by atoms with E-state index >= 15 is 0 Å². The molecule has 0 aliphatic carbocycles. The molecule has 4 rings (SSSR count). The molecule has 0 spiro atoms. The van der Waals surface area contributed by atoms with E-state index in [4.69, 9.17) is 5.73 Å². The second-order valence-corrected chi connectivity index (χ2v) is 5.40. The van der Waals surface area contributed by atoms with E-state index in [1.807, 2.05) is 29.7 Å². The van der Waals surface area contributed by atoms with Gasteiger partial charge in [0.1, 0.15) is 11.8 Å². The molecule has 122 valence electrons. The number of nitrogens with two attached hydrogens (primary N) is 1. The van der Waals surface area contributed by atoms with Crippen molar-refractivity contribution in [3.05, 3.63) is 48.5 Å². The maximum Gasteiger partial charge on any atom is 0.235 e. The van der Waals surface area contributed by atoms with Crippen molar-refractivity contribution in [1.29, 1.82) is 5.26 Å². The van der Waals surface area contributed by atoms with Crippen molar-refractivity contribution in [3.8, 4) is 23.1 Å². The second kappa shape index (κ2) is 5.72. The Morgan fingerprint density at radius 3 is 2.76 bits per heavy atom. The van der Waals surface area contributed by atoms with E-state index in [1.54, 1.807) is 18.5 Å². The molecule has 0 aliphatic rings. The van der Waals surface area contributed by atoms with Gasteiger partial charge in [0.15, 0.2) is 0 Å². The van der Waals surface area contributed by atoms with Crippen LogP contribution in [0, 0.1) is 11.3 Å². The molecule has 25 heavy (non-hydrogen) atoms. The number of hydrogen-bond acceptors (Lipinski definition) is 6. The monoisotopic (exact) mass is 330 g/mol. The van der Waals surface area contributed by atoms with Crippen LogP contribution < -0.4 is 5.73 Å². The Hall–Kier alpha value is -3.73. The van der Waals surface area contributed by atoms with Crippen molar-refractivity contribution < 1.29 is 0 Å². The third-order valence-electron chi connectivity index (χ3n) is 4.05. The maximum absolute atomic E-state index is 9.44. The van der Waals surface area contributed by atoms with Crippen LogP contribution in [0.15, 0.2) is 43.0 Å². The highest BCUT2D eigenvalue weighted by atomic mass is 15.4. The van der Waals surface area contributed by atoms with Crippen LogP contribution in [0.2, 0.25) is 0 Å². The first-order chi connectivity index (χ1) is 12.2.